The smallest absolute Gasteiger partial charge is 0.306 e. The highest BCUT2D eigenvalue weighted by atomic mass is 16.5. The molecular weight excluding hydrogens is 348 g/mol. The number of hydrogen-bond donors (Lipinski definition) is 1. The lowest BCUT2D eigenvalue weighted by Crippen LogP contribution is -2.18. The van der Waals surface area contributed by atoms with Gasteiger partial charge in [0, 0.05) is 6.42 Å². The zero-order valence-electron chi connectivity index (χ0n) is 19.4. The maximum absolute atomic E-state index is 12.1. The van der Waals surface area contributed by atoms with E-state index in [0.29, 0.717) is 25.2 Å². The third kappa shape index (κ3) is 8.24. The van der Waals surface area contributed by atoms with Gasteiger partial charge in [-0.05, 0) is 46.3 Å². The van der Waals surface area contributed by atoms with Crippen LogP contribution >= 0.6 is 0 Å². The number of aromatic hydroxyl groups is 1. The molecule has 3 heteroatoms. The van der Waals surface area contributed by atoms with Crippen LogP contribution in [0.2, 0.25) is 0 Å². The number of ether oxygens (including phenoxy) is 1. The fourth-order valence-electron chi connectivity index (χ4n) is 3.32. The van der Waals surface area contributed by atoms with Gasteiger partial charge < -0.3 is 9.84 Å². The van der Waals surface area contributed by atoms with Crippen LogP contribution in [0.3, 0.4) is 0 Å². The lowest BCUT2D eigenvalue weighted by molar-refractivity contribution is -0.143. The summed E-state index contributed by atoms with van der Waals surface area (Å²) in [6, 6.07) is 4.09. The van der Waals surface area contributed by atoms with Crippen molar-refractivity contribution in [3.05, 3.63) is 28.8 Å². The Bertz CT molecular complexity index is 595. The molecule has 1 aromatic rings. The second-order valence-electron chi connectivity index (χ2n) is 10.5. The molecule has 28 heavy (non-hydrogen) atoms. The van der Waals surface area contributed by atoms with E-state index in [1.165, 1.54) is 12.8 Å². The highest BCUT2D eigenvalue weighted by Gasteiger charge is 2.26. The van der Waals surface area contributed by atoms with Crippen molar-refractivity contribution in [3.8, 4) is 5.75 Å². The molecule has 3 nitrogen and oxygen atoms in total. The van der Waals surface area contributed by atoms with Crippen LogP contribution in [0.15, 0.2) is 12.1 Å². The van der Waals surface area contributed by atoms with Crippen molar-refractivity contribution < 1.29 is 14.6 Å². The minimum atomic E-state index is -0.156. The fraction of sp³-hybridized carbons (Fsp3) is 0.720. The molecule has 0 bridgehead atoms. The maximum atomic E-state index is 12.1. The Morgan fingerprint density at radius 3 is 1.96 bits per heavy atom. The van der Waals surface area contributed by atoms with Gasteiger partial charge in [0.25, 0.3) is 0 Å². The third-order valence-corrected chi connectivity index (χ3v) is 5.09. The van der Waals surface area contributed by atoms with Gasteiger partial charge in [-0.15, -0.1) is 0 Å². The van der Waals surface area contributed by atoms with E-state index in [-0.39, 0.29) is 16.8 Å². The number of phenolic OH excluding ortho intramolecular Hbond substituents is 1. The average Bonchev–Trinajstić information content (AvgIpc) is 2.54. The standard InChI is InChI=1S/C25H42O3/c1-18(2)12-10-9-11-15-28-22(26)14-13-19-16-20(24(3,4)5)23(27)21(17-19)25(6,7)8/h16-18,27H,9-15H2,1-8H3. The summed E-state index contributed by atoms with van der Waals surface area (Å²) in [4.78, 5) is 12.1. The molecule has 0 saturated heterocycles. The third-order valence-electron chi connectivity index (χ3n) is 5.09. The number of hydrogen-bond acceptors (Lipinski definition) is 3. The first kappa shape index (κ1) is 24.5. The SMILES string of the molecule is CC(C)CCCCCOC(=O)CCc1cc(C(C)(C)C)c(O)c(C(C)(C)C)c1. The monoisotopic (exact) mass is 390 g/mol. The zero-order valence-corrected chi connectivity index (χ0v) is 19.4. The molecule has 160 valence electrons. The van der Waals surface area contributed by atoms with E-state index in [9.17, 15) is 9.90 Å². The largest absolute Gasteiger partial charge is 0.507 e. The van der Waals surface area contributed by atoms with Crippen LogP contribution in [-0.4, -0.2) is 17.7 Å². The Balaban J connectivity index is 2.67. The van der Waals surface area contributed by atoms with Crippen molar-refractivity contribution in [1.82, 2.24) is 0 Å². The first-order chi connectivity index (χ1) is 12.8. The minimum Gasteiger partial charge on any atom is -0.507 e. The second-order valence-corrected chi connectivity index (χ2v) is 10.5. The van der Waals surface area contributed by atoms with E-state index in [0.717, 1.165) is 35.4 Å². The van der Waals surface area contributed by atoms with E-state index in [4.69, 9.17) is 4.74 Å². The Kier molecular flexibility index (Phi) is 9.04. The van der Waals surface area contributed by atoms with Crippen LogP contribution in [0.1, 0.15) is 104 Å². The summed E-state index contributed by atoms with van der Waals surface area (Å²) >= 11 is 0. The van der Waals surface area contributed by atoms with Crippen molar-refractivity contribution in [2.75, 3.05) is 6.61 Å². The number of esters is 1. The van der Waals surface area contributed by atoms with Crippen molar-refractivity contribution in [2.24, 2.45) is 5.92 Å². The average molecular weight is 391 g/mol. The summed E-state index contributed by atoms with van der Waals surface area (Å²) in [6.45, 7) is 17.6. The number of phenols is 1. The molecule has 0 aliphatic rings. The van der Waals surface area contributed by atoms with Crippen molar-refractivity contribution in [3.63, 3.8) is 0 Å². The van der Waals surface area contributed by atoms with Gasteiger partial charge in [0.2, 0.25) is 0 Å². The maximum Gasteiger partial charge on any atom is 0.306 e. The number of unbranched alkanes of at least 4 members (excludes halogenated alkanes) is 2. The Morgan fingerprint density at radius 1 is 0.964 bits per heavy atom. The van der Waals surface area contributed by atoms with Gasteiger partial charge in [0.1, 0.15) is 5.75 Å². The molecule has 0 atom stereocenters. The van der Waals surface area contributed by atoms with Gasteiger partial charge in [-0.3, -0.25) is 4.79 Å². The normalized spacial score (nSPS) is 12.5. The van der Waals surface area contributed by atoms with Gasteiger partial charge >= 0.3 is 5.97 Å². The van der Waals surface area contributed by atoms with E-state index in [1.807, 2.05) is 12.1 Å². The summed E-state index contributed by atoms with van der Waals surface area (Å²) in [7, 11) is 0. The molecule has 0 aliphatic carbocycles. The Morgan fingerprint density at radius 2 is 1.50 bits per heavy atom. The predicted molar refractivity (Wildman–Crippen MR) is 118 cm³/mol. The van der Waals surface area contributed by atoms with Gasteiger partial charge in [-0.25, -0.2) is 0 Å². The molecule has 1 N–H and O–H groups in total. The summed E-state index contributed by atoms with van der Waals surface area (Å²) < 4.78 is 5.40. The predicted octanol–water partition coefficient (Wildman–Crippen LogP) is 6.68. The van der Waals surface area contributed by atoms with Crippen molar-refractivity contribution >= 4 is 5.97 Å². The number of aryl methyl sites for hydroxylation is 1. The molecule has 0 unspecified atom stereocenters. The van der Waals surface area contributed by atoms with Crippen molar-refractivity contribution in [2.45, 2.75) is 105 Å². The number of rotatable bonds is 9. The highest BCUT2D eigenvalue weighted by Crippen LogP contribution is 2.39. The lowest BCUT2D eigenvalue weighted by atomic mass is 9.78. The molecule has 0 spiro atoms. The van der Waals surface area contributed by atoms with E-state index < -0.39 is 0 Å². The Labute approximate surface area is 172 Å². The van der Waals surface area contributed by atoms with Crippen LogP contribution < -0.4 is 0 Å². The number of carbonyl (C=O) groups excluding carboxylic acids is 1. The molecule has 0 heterocycles. The summed E-state index contributed by atoms with van der Waals surface area (Å²) in [5.41, 5.74) is 2.65. The Hall–Kier alpha value is -1.51. The topological polar surface area (TPSA) is 46.5 Å². The van der Waals surface area contributed by atoms with Crippen molar-refractivity contribution in [1.29, 1.82) is 0 Å². The molecule has 0 fully saturated rings. The lowest BCUT2D eigenvalue weighted by Gasteiger charge is -2.28. The number of benzene rings is 1. The van der Waals surface area contributed by atoms with Gasteiger partial charge in [-0.1, -0.05) is 86.8 Å². The van der Waals surface area contributed by atoms with Crippen LogP contribution in [0.4, 0.5) is 0 Å². The quantitative estimate of drug-likeness (QED) is 0.378. The van der Waals surface area contributed by atoms with Crippen LogP contribution in [0, 0.1) is 5.92 Å². The second kappa shape index (κ2) is 10.3. The summed E-state index contributed by atoms with van der Waals surface area (Å²) in [5, 5.41) is 10.8. The van der Waals surface area contributed by atoms with E-state index in [1.54, 1.807) is 0 Å². The number of carbonyl (C=O) groups is 1. The first-order valence-corrected chi connectivity index (χ1v) is 10.8. The summed E-state index contributed by atoms with van der Waals surface area (Å²) in [6.07, 6.45) is 5.52. The molecule has 0 aliphatic heterocycles. The first-order valence-electron chi connectivity index (χ1n) is 10.8. The molecular formula is C25H42O3. The molecule has 1 rings (SSSR count). The van der Waals surface area contributed by atoms with Gasteiger partial charge in [0.15, 0.2) is 0 Å². The fourth-order valence-corrected chi connectivity index (χ4v) is 3.32. The molecule has 0 radical (unpaired) electrons. The highest BCUT2D eigenvalue weighted by molar-refractivity contribution is 5.69. The van der Waals surface area contributed by atoms with E-state index >= 15 is 0 Å². The minimum absolute atomic E-state index is 0.133. The van der Waals surface area contributed by atoms with Gasteiger partial charge in [0.05, 0.1) is 6.61 Å². The summed E-state index contributed by atoms with van der Waals surface area (Å²) in [5.74, 6) is 0.989. The molecule has 0 aromatic heterocycles. The van der Waals surface area contributed by atoms with Gasteiger partial charge in [-0.2, -0.15) is 0 Å². The molecule has 0 amide bonds. The zero-order chi connectivity index (χ0) is 21.5. The van der Waals surface area contributed by atoms with E-state index in [2.05, 4.69) is 55.4 Å². The van der Waals surface area contributed by atoms with Crippen LogP contribution in [0.5, 0.6) is 5.75 Å². The molecule has 1 aromatic carbocycles. The van der Waals surface area contributed by atoms with Crippen LogP contribution in [-0.2, 0) is 26.8 Å². The van der Waals surface area contributed by atoms with Crippen LogP contribution in [0.25, 0.3) is 0 Å². The molecule has 0 saturated carbocycles.